The summed E-state index contributed by atoms with van der Waals surface area (Å²) >= 11 is 0. The lowest BCUT2D eigenvalue weighted by molar-refractivity contribution is 0.249. The van der Waals surface area contributed by atoms with Crippen LogP contribution in [0.25, 0.3) is 0 Å². The van der Waals surface area contributed by atoms with Gasteiger partial charge in [-0.1, -0.05) is 24.3 Å². The van der Waals surface area contributed by atoms with Crippen LogP contribution in [0.4, 0.5) is 10.5 Å². The summed E-state index contributed by atoms with van der Waals surface area (Å²) in [5, 5.41) is 5.79. The van der Waals surface area contributed by atoms with Gasteiger partial charge in [0.05, 0.1) is 6.04 Å². The topological polar surface area (TPSA) is 85.4 Å². The minimum atomic E-state index is -0.305. The predicted molar refractivity (Wildman–Crippen MR) is 126 cm³/mol. The summed E-state index contributed by atoms with van der Waals surface area (Å²) < 4.78 is 11.6. The van der Waals surface area contributed by atoms with Gasteiger partial charge in [-0.3, -0.25) is 9.97 Å². The summed E-state index contributed by atoms with van der Waals surface area (Å²) in [6.07, 6.45) is 6.83. The minimum absolute atomic E-state index is 0.186. The van der Waals surface area contributed by atoms with Crippen molar-refractivity contribution in [2.75, 3.05) is 5.32 Å². The standard InChI is InChI=1S/C26H24N4O3/c1-19(21-7-9-23(10-8-21)32-18-20-4-3-13-28-17-20)29-26(31)30-22-5-2-6-25(16-22)33-24-11-14-27-15-12-24/h2-17,19H,18H2,1H3,(H2,29,30,31). The molecule has 0 radical (unpaired) electrons. The van der Waals surface area contributed by atoms with Crippen LogP contribution in [0.2, 0.25) is 0 Å². The fourth-order valence-corrected chi connectivity index (χ4v) is 3.13. The van der Waals surface area contributed by atoms with E-state index >= 15 is 0 Å². The first kappa shape index (κ1) is 21.8. The Morgan fingerprint density at radius 1 is 0.879 bits per heavy atom. The molecular formula is C26H24N4O3. The molecule has 2 amide bonds. The molecule has 0 aliphatic carbocycles. The molecule has 7 nitrogen and oxygen atoms in total. The average Bonchev–Trinajstić information content (AvgIpc) is 2.84. The first-order valence-electron chi connectivity index (χ1n) is 10.5. The molecule has 7 heteroatoms. The maximum atomic E-state index is 12.5. The number of nitrogens with zero attached hydrogens (tertiary/aromatic N) is 2. The second-order valence-corrected chi connectivity index (χ2v) is 7.35. The normalized spacial score (nSPS) is 11.3. The van der Waals surface area contributed by atoms with Crippen LogP contribution in [0, 0.1) is 0 Å². The van der Waals surface area contributed by atoms with Gasteiger partial charge in [0.25, 0.3) is 0 Å². The smallest absolute Gasteiger partial charge is 0.319 e. The molecule has 1 unspecified atom stereocenters. The van der Waals surface area contributed by atoms with E-state index in [0.717, 1.165) is 16.9 Å². The van der Waals surface area contributed by atoms with Gasteiger partial charge in [0.2, 0.25) is 0 Å². The molecule has 4 aromatic rings. The molecule has 2 heterocycles. The van der Waals surface area contributed by atoms with Crippen LogP contribution in [-0.2, 0) is 6.61 Å². The Bertz CT molecular complexity index is 1170. The Morgan fingerprint density at radius 2 is 1.70 bits per heavy atom. The van der Waals surface area contributed by atoms with E-state index in [0.29, 0.717) is 23.8 Å². The Balaban J connectivity index is 1.29. The molecule has 2 aromatic carbocycles. The molecule has 0 fully saturated rings. The maximum Gasteiger partial charge on any atom is 0.319 e. The van der Waals surface area contributed by atoms with E-state index in [9.17, 15) is 4.79 Å². The van der Waals surface area contributed by atoms with Gasteiger partial charge in [-0.2, -0.15) is 0 Å². The van der Waals surface area contributed by atoms with Gasteiger partial charge in [0.1, 0.15) is 23.9 Å². The van der Waals surface area contributed by atoms with Gasteiger partial charge >= 0.3 is 6.03 Å². The van der Waals surface area contributed by atoms with Crippen molar-refractivity contribution in [3.05, 3.63) is 109 Å². The second-order valence-electron chi connectivity index (χ2n) is 7.35. The number of pyridine rings is 2. The van der Waals surface area contributed by atoms with Crippen LogP contribution in [0.3, 0.4) is 0 Å². The highest BCUT2D eigenvalue weighted by Crippen LogP contribution is 2.24. The van der Waals surface area contributed by atoms with E-state index in [1.54, 1.807) is 49.1 Å². The van der Waals surface area contributed by atoms with E-state index in [1.807, 2.05) is 55.5 Å². The molecule has 2 aromatic heterocycles. The number of hydrogen-bond acceptors (Lipinski definition) is 5. The van der Waals surface area contributed by atoms with Crippen molar-refractivity contribution >= 4 is 11.7 Å². The van der Waals surface area contributed by atoms with Crippen molar-refractivity contribution in [1.29, 1.82) is 0 Å². The third kappa shape index (κ3) is 6.54. The van der Waals surface area contributed by atoms with Crippen LogP contribution in [0.1, 0.15) is 24.1 Å². The van der Waals surface area contributed by atoms with Crippen LogP contribution in [0.5, 0.6) is 17.2 Å². The van der Waals surface area contributed by atoms with Gasteiger partial charge in [0, 0.05) is 42.1 Å². The average molecular weight is 441 g/mol. The number of carbonyl (C=O) groups is 1. The lowest BCUT2D eigenvalue weighted by Gasteiger charge is -2.16. The van der Waals surface area contributed by atoms with Gasteiger partial charge in [-0.15, -0.1) is 0 Å². The van der Waals surface area contributed by atoms with Crippen LogP contribution >= 0.6 is 0 Å². The van der Waals surface area contributed by atoms with Gasteiger partial charge < -0.3 is 20.1 Å². The quantitative estimate of drug-likeness (QED) is 0.365. The van der Waals surface area contributed by atoms with E-state index < -0.39 is 0 Å². The molecule has 0 aliphatic rings. The lowest BCUT2D eigenvalue weighted by atomic mass is 10.1. The van der Waals surface area contributed by atoms with Gasteiger partial charge in [0.15, 0.2) is 0 Å². The summed E-state index contributed by atoms with van der Waals surface area (Å²) in [4.78, 5) is 20.5. The number of anilines is 1. The number of amides is 2. The first-order chi connectivity index (χ1) is 16.2. The van der Waals surface area contributed by atoms with Gasteiger partial charge in [-0.25, -0.2) is 4.79 Å². The molecule has 166 valence electrons. The number of nitrogens with one attached hydrogen (secondary N) is 2. The zero-order valence-electron chi connectivity index (χ0n) is 18.1. The second kappa shape index (κ2) is 10.8. The van der Waals surface area contributed by atoms with Crippen molar-refractivity contribution < 1.29 is 14.3 Å². The maximum absolute atomic E-state index is 12.5. The number of benzene rings is 2. The van der Waals surface area contributed by atoms with E-state index in [4.69, 9.17) is 9.47 Å². The summed E-state index contributed by atoms with van der Waals surface area (Å²) in [6, 6.07) is 21.8. The highest BCUT2D eigenvalue weighted by Gasteiger charge is 2.10. The number of ether oxygens (including phenoxy) is 2. The molecule has 4 rings (SSSR count). The Labute approximate surface area is 192 Å². The molecule has 0 spiro atoms. The minimum Gasteiger partial charge on any atom is -0.489 e. The number of urea groups is 1. The van der Waals surface area contributed by atoms with E-state index in [-0.39, 0.29) is 12.1 Å². The molecule has 0 aliphatic heterocycles. The van der Waals surface area contributed by atoms with Crippen molar-refractivity contribution in [1.82, 2.24) is 15.3 Å². The highest BCUT2D eigenvalue weighted by atomic mass is 16.5. The van der Waals surface area contributed by atoms with Crippen molar-refractivity contribution in [2.24, 2.45) is 0 Å². The monoisotopic (exact) mass is 440 g/mol. The summed E-state index contributed by atoms with van der Waals surface area (Å²) in [7, 11) is 0. The van der Waals surface area contributed by atoms with Crippen LogP contribution < -0.4 is 20.1 Å². The Hall–Kier alpha value is -4.39. The summed E-state index contributed by atoms with van der Waals surface area (Å²) in [5.74, 6) is 2.05. The summed E-state index contributed by atoms with van der Waals surface area (Å²) in [5.41, 5.74) is 2.60. The highest BCUT2D eigenvalue weighted by molar-refractivity contribution is 5.89. The third-order valence-corrected chi connectivity index (χ3v) is 4.83. The largest absolute Gasteiger partial charge is 0.489 e. The predicted octanol–water partition coefficient (Wildman–Crippen LogP) is 5.73. The van der Waals surface area contributed by atoms with E-state index in [1.165, 1.54) is 0 Å². The molecule has 2 N–H and O–H groups in total. The zero-order chi connectivity index (χ0) is 22.9. The van der Waals surface area contributed by atoms with Crippen LogP contribution in [0.15, 0.2) is 97.6 Å². The number of hydrogen-bond donors (Lipinski definition) is 2. The molecule has 0 saturated heterocycles. The third-order valence-electron chi connectivity index (χ3n) is 4.83. The number of rotatable bonds is 8. The lowest BCUT2D eigenvalue weighted by Crippen LogP contribution is -2.31. The van der Waals surface area contributed by atoms with Crippen molar-refractivity contribution in [2.45, 2.75) is 19.6 Å². The number of carbonyl (C=O) groups excluding carboxylic acids is 1. The fourth-order valence-electron chi connectivity index (χ4n) is 3.13. The summed E-state index contributed by atoms with van der Waals surface area (Å²) in [6.45, 7) is 2.38. The molecule has 0 bridgehead atoms. The van der Waals surface area contributed by atoms with Crippen molar-refractivity contribution in [3.8, 4) is 17.2 Å². The first-order valence-corrected chi connectivity index (χ1v) is 10.5. The van der Waals surface area contributed by atoms with E-state index in [2.05, 4.69) is 20.6 Å². The zero-order valence-corrected chi connectivity index (χ0v) is 18.1. The molecular weight excluding hydrogens is 416 g/mol. The van der Waals surface area contributed by atoms with Crippen LogP contribution in [-0.4, -0.2) is 16.0 Å². The van der Waals surface area contributed by atoms with Gasteiger partial charge in [-0.05, 0) is 55.0 Å². The Morgan fingerprint density at radius 3 is 2.45 bits per heavy atom. The number of aromatic nitrogens is 2. The SMILES string of the molecule is CC(NC(=O)Nc1cccc(Oc2ccncc2)c1)c1ccc(OCc2cccnc2)cc1. The Kier molecular flexibility index (Phi) is 7.12. The molecule has 1 atom stereocenters. The molecule has 33 heavy (non-hydrogen) atoms. The molecule has 0 saturated carbocycles. The fraction of sp³-hybridized carbons (Fsp3) is 0.115. The van der Waals surface area contributed by atoms with Crippen molar-refractivity contribution in [3.63, 3.8) is 0 Å².